The van der Waals surface area contributed by atoms with E-state index in [-0.39, 0.29) is 17.5 Å². The van der Waals surface area contributed by atoms with E-state index in [9.17, 15) is 9.59 Å². The van der Waals surface area contributed by atoms with Crippen LogP contribution >= 0.6 is 0 Å². The van der Waals surface area contributed by atoms with Crippen LogP contribution in [0.4, 0.5) is 5.69 Å². The van der Waals surface area contributed by atoms with E-state index in [0.717, 1.165) is 0 Å². The normalized spacial score (nSPS) is 11.1. The fraction of sp³-hybridized carbons (Fsp3) is 0.375. The van der Waals surface area contributed by atoms with Crippen LogP contribution in [0, 0.1) is 5.41 Å². The number of aromatic nitrogens is 3. The Morgan fingerprint density at radius 1 is 1.17 bits per heavy atom. The zero-order valence-corrected chi connectivity index (χ0v) is 13.5. The highest BCUT2D eigenvalue weighted by Gasteiger charge is 2.20. The Hall–Kier alpha value is -2.70. The number of nitrogens with zero attached hydrogens (tertiary/aromatic N) is 3. The lowest BCUT2D eigenvalue weighted by Gasteiger charge is -2.17. The lowest BCUT2D eigenvalue weighted by atomic mass is 9.96. The lowest BCUT2D eigenvalue weighted by Crippen LogP contribution is -2.36. The predicted octanol–water partition coefficient (Wildman–Crippen LogP) is 1.69. The van der Waals surface area contributed by atoms with Crippen molar-refractivity contribution in [2.24, 2.45) is 5.41 Å². The van der Waals surface area contributed by atoms with Crippen LogP contribution in [-0.2, 0) is 11.3 Å². The smallest absolute Gasteiger partial charge is 0.277 e. The largest absolute Gasteiger partial charge is 0.354 e. The van der Waals surface area contributed by atoms with E-state index in [1.807, 2.05) is 39.0 Å². The summed E-state index contributed by atoms with van der Waals surface area (Å²) in [5.74, 6) is -0.346. The minimum absolute atomic E-state index is 0.0281. The van der Waals surface area contributed by atoms with E-state index in [4.69, 9.17) is 0 Å². The number of carbonyl (C=O) groups is 2. The fourth-order valence-electron chi connectivity index (χ4n) is 1.78. The molecule has 2 N–H and O–H groups in total. The molecule has 0 radical (unpaired) electrons. The maximum atomic E-state index is 12.0. The summed E-state index contributed by atoms with van der Waals surface area (Å²) in [6.45, 7) is 6.43. The van der Waals surface area contributed by atoms with Crippen LogP contribution in [0.15, 0.2) is 36.5 Å². The topological polar surface area (TPSA) is 88.9 Å². The summed E-state index contributed by atoms with van der Waals surface area (Å²) in [6, 6.07) is 9.14. The van der Waals surface area contributed by atoms with Crippen LogP contribution in [0.1, 0.15) is 31.3 Å². The Morgan fingerprint density at radius 3 is 2.52 bits per heavy atom. The number of benzene rings is 1. The van der Waals surface area contributed by atoms with Gasteiger partial charge in [-0.05, 0) is 12.1 Å². The minimum Gasteiger partial charge on any atom is -0.354 e. The second-order valence-electron chi connectivity index (χ2n) is 6.19. The summed E-state index contributed by atoms with van der Waals surface area (Å²) >= 11 is 0. The molecule has 0 spiro atoms. The summed E-state index contributed by atoms with van der Waals surface area (Å²) in [7, 11) is 0. The Balaban J connectivity index is 1.86. The van der Waals surface area contributed by atoms with Crippen molar-refractivity contribution in [2.75, 3.05) is 11.9 Å². The molecule has 7 heteroatoms. The summed E-state index contributed by atoms with van der Waals surface area (Å²) in [4.78, 5) is 23.8. The summed E-state index contributed by atoms with van der Waals surface area (Å²) in [6.07, 6.45) is 1.56. The van der Waals surface area contributed by atoms with Crippen molar-refractivity contribution in [3.8, 4) is 0 Å². The SMILES string of the molecule is CC(C)(C)C(=O)NCCn1cc(C(=O)Nc2ccccc2)nn1. The number of hydrogen-bond donors (Lipinski definition) is 2. The van der Waals surface area contributed by atoms with Crippen molar-refractivity contribution >= 4 is 17.5 Å². The van der Waals surface area contributed by atoms with E-state index in [1.165, 1.54) is 4.68 Å². The van der Waals surface area contributed by atoms with Gasteiger partial charge in [0.25, 0.3) is 5.91 Å². The van der Waals surface area contributed by atoms with Crippen LogP contribution in [0.25, 0.3) is 0 Å². The van der Waals surface area contributed by atoms with E-state index >= 15 is 0 Å². The second kappa shape index (κ2) is 7.04. The first-order valence-electron chi connectivity index (χ1n) is 7.41. The molecule has 1 aromatic carbocycles. The zero-order valence-electron chi connectivity index (χ0n) is 13.5. The first kappa shape index (κ1) is 16.7. The predicted molar refractivity (Wildman–Crippen MR) is 86.9 cm³/mol. The third kappa shape index (κ3) is 4.91. The molecule has 0 atom stereocenters. The zero-order chi connectivity index (χ0) is 16.9. The molecule has 0 bridgehead atoms. The van der Waals surface area contributed by atoms with Gasteiger partial charge < -0.3 is 10.6 Å². The fourth-order valence-corrected chi connectivity index (χ4v) is 1.78. The molecule has 1 aromatic heterocycles. The van der Waals surface area contributed by atoms with Crippen molar-refractivity contribution in [1.29, 1.82) is 0 Å². The van der Waals surface area contributed by atoms with Gasteiger partial charge >= 0.3 is 0 Å². The van der Waals surface area contributed by atoms with Crippen molar-refractivity contribution in [2.45, 2.75) is 27.3 Å². The summed E-state index contributed by atoms with van der Waals surface area (Å²) in [5, 5.41) is 13.3. The number of rotatable bonds is 5. The van der Waals surface area contributed by atoms with Crippen LogP contribution < -0.4 is 10.6 Å². The van der Waals surface area contributed by atoms with E-state index in [0.29, 0.717) is 18.8 Å². The van der Waals surface area contributed by atoms with Gasteiger partial charge in [-0.25, -0.2) is 4.68 Å². The Bertz CT molecular complexity index is 673. The molecule has 2 aromatic rings. The number of amides is 2. The van der Waals surface area contributed by atoms with E-state index < -0.39 is 5.41 Å². The first-order valence-corrected chi connectivity index (χ1v) is 7.41. The average molecular weight is 315 g/mol. The minimum atomic E-state index is -0.427. The quantitative estimate of drug-likeness (QED) is 0.879. The molecule has 122 valence electrons. The first-order chi connectivity index (χ1) is 10.9. The maximum absolute atomic E-state index is 12.0. The van der Waals surface area contributed by atoms with Gasteiger partial charge in [0.05, 0.1) is 12.7 Å². The van der Waals surface area contributed by atoms with Gasteiger partial charge in [-0.2, -0.15) is 0 Å². The van der Waals surface area contributed by atoms with E-state index in [2.05, 4.69) is 20.9 Å². The molecule has 0 fully saturated rings. The summed E-state index contributed by atoms with van der Waals surface area (Å²) in [5.41, 5.74) is 0.504. The van der Waals surface area contributed by atoms with E-state index in [1.54, 1.807) is 18.3 Å². The second-order valence-corrected chi connectivity index (χ2v) is 6.19. The number of para-hydroxylation sites is 1. The monoisotopic (exact) mass is 315 g/mol. The highest BCUT2D eigenvalue weighted by Crippen LogP contribution is 2.12. The highest BCUT2D eigenvalue weighted by molar-refractivity contribution is 6.02. The van der Waals surface area contributed by atoms with Gasteiger partial charge in [0.15, 0.2) is 5.69 Å². The third-order valence-electron chi connectivity index (χ3n) is 3.11. The van der Waals surface area contributed by atoms with Crippen molar-refractivity contribution in [3.05, 3.63) is 42.2 Å². The average Bonchev–Trinajstić information content (AvgIpc) is 2.96. The van der Waals surface area contributed by atoms with Crippen molar-refractivity contribution in [3.63, 3.8) is 0 Å². The Morgan fingerprint density at radius 2 is 1.87 bits per heavy atom. The lowest BCUT2D eigenvalue weighted by molar-refractivity contribution is -0.128. The molecular weight excluding hydrogens is 294 g/mol. The van der Waals surface area contributed by atoms with Crippen LogP contribution in [0.5, 0.6) is 0 Å². The van der Waals surface area contributed by atoms with Gasteiger partial charge in [0.1, 0.15) is 0 Å². The number of anilines is 1. The number of carbonyl (C=O) groups excluding carboxylic acids is 2. The molecule has 0 aliphatic rings. The number of hydrogen-bond acceptors (Lipinski definition) is 4. The summed E-state index contributed by atoms with van der Waals surface area (Å²) < 4.78 is 1.53. The van der Waals surface area contributed by atoms with Crippen LogP contribution in [0.3, 0.4) is 0 Å². The van der Waals surface area contributed by atoms with Gasteiger partial charge in [-0.3, -0.25) is 9.59 Å². The van der Waals surface area contributed by atoms with Crippen LogP contribution in [0.2, 0.25) is 0 Å². The molecular formula is C16H21N5O2. The molecule has 0 aliphatic heterocycles. The highest BCUT2D eigenvalue weighted by atomic mass is 16.2. The molecule has 2 rings (SSSR count). The van der Waals surface area contributed by atoms with Gasteiger partial charge in [0.2, 0.25) is 5.91 Å². The molecule has 2 amide bonds. The van der Waals surface area contributed by atoms with Gasteiger partial charge in [-0.1, -0.05) is 44.2 Å². The third-order valence-corrected chi connectivity index (χ3v) is 3.11. The van der Waals surface area contributed by atoms with Crippen molar-refractivity contribution < 1.29 is 9.59 Å². The molecule has 23 heavy (non-hydrogen) atoms. The molecule has 0 saturated heterocycles. The Kier molecular flexibility index (Phi) is 5.10. The molecule has 0 aliphatic carbocycles. The molecule has 0 saturated carbocycles. The van der Waals surface area contributed by atoms with Gasteiger partial charge in [0, 0.05) is 17.6 Å². The molecule has 1 heterocycles. The Labute approximate surface area is 135 Å². The molecule has 0 unspecified atom stereocenters. The van der Waals surface area contributed by atoms with Crippen molar-refractivity contribution in [1.82, 2.24) is 20.3 Å². The van der Waals surface area contributed by atoms with Crippen LogP contribution in [-0.4, -0.2) is 33.4 Å². The maximum Gasteiger partial charge on any atom is 0.277 e. The number of nitrogens with one attached hydrogen (secondary N) is 2. The van der Waals surface area contributed by atoms with Gasteiger partial charge in [-0.15, -0.1) is 5.10 Å². The standard InChI is InChI=1S/C16H21N5O2/c1-16(2,3)15(23)17-9-10-21-11-13(19-20-21)14(22)18-12-7-5-4-6-8-12/h4-8,11H,9-10H2,1-3H3,(H,17,23)(H,18,22). The molecule has 7 nitrogen and oxygen atoms in total.